The summed E-state index contributed by atoms with van der Waals surface area (Å²) in [6.45, 7) is 0.313. The summed E-state index contributed by atoms with van der Waals surface area (Å²) in [4.78, 5) is 16.7. The molecule has 0 saturated carbocycles. The van der Waals surface area contributed by atoms with Crippen LogP contribution in [0.25, 0.3) is 11.4 Å². The summed E-state index contributed by atoms with van der Waals surface area (Å²) in [5, 5.41) is 7.30. The molecular formula is C19H20N4O3. The van der Waals surface area contributed by atoms with Gasteiger partial charge in [-0.2, -0.15) is 5.10 Å². The zero-order valence-electron chi connectivity index (χ0n) is 14.9. The third-order valence-electron chi connectivity index (χ3n) is 3.93. The van der Waals surface area contributed by atoms with Crippen LogP contribution in [0, 0.1) is 0 Å². The molecule has 0 aliphatic heterocycles. The molecule has 0 saturated heterocycles. The summed E-state index contributed by atoms with van der Waals surface area (Å²) in [5.74, 6) is 0.875. The summed E-state index contributed by atoms with van der Waals surface area (Å²) in [5.41, 5.74) is 2.96. The topological polar surface area (TPSA) is 78.3 Å². The molecule has 0 spiro atoms. The minimum Gasteiger partial charge on any atom is -0.493 e. The van der Waals surface area contributed by atoms with Gasteiger partial charge in [0.2, 0.25) is 0 Å². The van der Waals surface area contributed by atoms with Gasteiger partial charge in [0.15, 0.2) is 11.5 Å². The molecule has 7 nitrogen and oxygen atoms in total. The summed E-state index contributed by atoms with van der Waals surface area (Å²) in [6, 6.07) is 12.7. The number of ether oxygens (including phenoxy) is 2. The van der Waals surface area contributed by atoms with Crippen LogP contribution in [0.1, 0.15) is 16.1 Å². The molecule has 2 aromatic heterocycles. The summed E-state index contributed by atoms with van der Waals surface area (Å²) in [7, 11) is 4.94. The van der Waals surface area contributed by atoms with Crippen LogP contribution in [-0.4, -0.2) is 34.9 Å². The minimum absolute atomic E-state index is 0.212. The highest BCUT2D eigenvalue weighted by Crippen LogP contribution is 2.27. The lowest BCUT2D eigenvalue weighted by atomic mass is 10.2. The van der Waals surface area contributed by atoms with Gasteiger partial charge in [-0.1, -0.05) is 6.07 Å². The second kappa shape index (κ2) is 7.69. The van der Waals surface area contributed by atoms with Crippen molar-refractivity contribution in [2.75, 3.05) is 14.2 Å². The van der Waals surface area contributed by atoms with Crippen molar-refractivity contribution >= 4 is 5.91 Å². The van der Waals surface area contributed by atoms with E-state index in [4.69, 9.17) is 9.47 Å². The molecule has 0 atom stereocenters. The number of hydrogen-bond donors (Lipinski definition) is 1. The van der Waals surface area contributed by atoms with Gasteiger partial charge < -0.3 is 14.8 Å². The summed E-state index contributed by atoms with van der Waals surface area (Å²) in [6.07, 6.45) is 1.74. The lowest BCUT2D eigenvalue weighted by Crippen LogP contribution is -2.23. The van der Waals surface area contributed by atoms with Crippen molar-refractivity contribution < 1.29 is 14.3 Å². The number of nitrogens with zero attached hydrogens (tertiary/aromatic N) is 3. The highest BCUT2D eigenvalue weighted by atomic mass is 16.5. The largest absolute Gasteiger partial charge is 0.493 e. The standard InChI is InChI=1S/C19H20N4O3/c1-23-16(15-6-4-5-9-20-15)11-14(22-23)12-21-19(24)13-7-8-17(25-2)18(10-13)26-3/h4-11H,12H2,1-3H3,(H,21,24). The van der Waals surface area contributed by atoms with E-state index in [0.29, 0.717) is 23.6 Å². The fraction of sp³-hybridized carbons (Fsp3) is 0.211. The van der Waals surface area contributed by atoms with Crippen molar-refractivity contribution in [3.05, 3.63) is 59.9 Å². The van der Waals surface area contributed by atoms with Crippen molar-refractivity contribution in [3.8, 4) is 22.9 Å². The fourth-order valence-corrected chi connectivity index (χ4v) is 2.62. The zero-order chi connectivity index (χ0) is 18.5. The van der Waals surface area contributed by atoms with E-state index in [2.05, 4.69) is 15.4 Å². The van der Waals surface area contributed by atoms with Gasteiger partial charge in [-0.25, -0.2) is 0 Å². The predicted molar refractivity (Wildman–Crippen MR) is 97.2 cm³/mol. The maximum Gasteiger partial charge on any atom is 0.251 e. The van der Waals surface area contributed by atoms with Crippen molar-refractivity contribution in [1.29, 1.82) is 0 Å². The Morgan fingerprint density at radius 1 is 1.12 bits per heavy atom. The van der Waals surface area contributed by atoms with Crippen molar-refractivity contribution in [3.63, 3.8) is 0 Å². The van der Waals surface area contributed by atoms with Crippen LogP contribution in [0.3, 0.4) is 0 Å². The molecule has 0 aliphatic rings. The van der Waals surface area contributed by atoms with Gasteiger partial charge in [-0.15, -0.1) is 0 Å². The molecular weight excluding hydrogens is 332 g/mol. The molecule has 3 rings (SSSR count). The Bertz CT molecular complexity index is 906. The van der Waals surface area contributed by atoms with Gasteiger partial charge in [0.1, 0.15) is 0 Å². The average Bonchev–Trinajstić information content (AvgIpc) is 3.06. The van der Waals surface area contributed by atoms with Crippen molar-refractivity contribution in [2.45, 2.75) is 6.54 Å². The summed E-state index contributed by atoms with van der Waals surface area (Å²) < 4.78 is 12.2. The number of nitrogens with one attached hydrogen (secondary N) is 1. The number of methoxy groups -OCH3 is 2. The number of aromatic nitrogens is 3. The summed E-state index contributed by atoms with van der Waals surface area (Å²) >= 11 is 0. The molecule has 26 heavy (non-hydrogen) atoms. The van der Waals surface area contributed by atoms with E-state index in [9.17, 15) is 4.79 Å². The molecule has 134 valence electrons. The highest BCUT2D eigenvalue weighted by Gasteiger charge is 2.12. The Kier molecular flexibility index (Phi) is 5.17. The molecule has 0 fully saturated rings. The number of rotatable bonds is 6. The van der Waals surface area contributed by atoms with Crippen LogP contribution in [0.2, 0.25) is 0 Å². The Morgan fingerprint density at radius 3 is 2.62 bits per heavy atom. The number of aryl methyl sites for hydroxylation is 1. The lowest BCUT2D eigenvalue weighted by Gasteiger charge is -2.09. The van der Waals surface area contributed by atoms with Gasteiger partial charge >= 0.3 is 0 Å². The second-order valence-corrected chi connectivity index (χ2v) is 5.61. The molecule has 0 radical (unpaired) electrons. The van der Waals surface area contributed by atoms with Crippen LogP contribution < -0.4 is 14.8 Å². The van der Waals surface area contributed by atoms with E-state index in [-0.39, 0.29) is 5.91 Å². The van der Waals surface area contributed by atoms with Crippen LogP contribution in [0.4, 0.5) is 0 Å². The Hall–Kier alpha value is -3.35. The molecule has 3 aromatic rings. The smallest absolute Gasteiger partial charge is 0.251 e. The van der Waals surface area contributed by atoms with E-state index in [1.54, 1.807) is 36.2 Å². The third-order valence-corrected chi connectivity index (χ3v) is 3.93. The first-order valence-electron chi connectivity index (χ1n) is 8.07. The molecule has 0 aliphatic carbocycles. The maximum atomic E-state index is 12.4. The van der Waals surface area contributed by atoms with Gasteiger partial charge in [0.25, 0.3) is 5.91 Å². The van der Waals surface area contributed by atoms with Gasteiger partial charge in [-0.3, -0.25) is 14.5 Å². The van der Waals surface area contributed by atoms with E-state index >= 15 is 0 Å². The highest BCUT2D eigenvalue weighted by molar-refractivity contribution is 5.94. The number of benzene rings is 1. The Labute approximate surface area is 151 Å². The van der Waals surface area contributed by atoms with E-state index in [1.165, 1.54) is 7.11 Å². The zero-order valence-corrected chi connectivity index (χ0v) is 14.9. The predicted octanol–water partition coefficient (Wildman–Crippen LogP) is 2.43. The number of amides is 1. The monoisotopic (exact) mass is 352 g/mol. The van der Waals surface area contributed by atoms with E-state index < -0.39 is 0 Å². The lowest BCUT2D eigenvalue weighted by molar-refractivity contribution is 0.0950. The third kappa shape index (κ3) is 3.66. The van der Waals surface area contributed by atoms with Crippen LogP contribution in [-0.2, 0) is 13.6 Å². The van der Waals surface area contributed by atoms with Crippen molar-refractivity contribution in [1.82, 2.24) is 20.1 Å². The van der Waals surface area contributed by atoms with Gasteiger partial charge in [0, 0.05) is 18.8 Å². The average molecular weight is 352 g/mol. The number of carbonyl (C=O) groups is 1. The van der Waals surface area contributed by atoms with Crippen LogP contribution >= 0.6 is 0 Å². The van der Waals surface area contributed by atoms with Gasteiger partial charge in [-0.05, 0) is 36.4 Å². The van der Waals surface area contributed by atoms with Crippen LogP contribution in [0.15, 0.2) is 48.7 Å². The van der Waals surface area contributed by atoms with Crippen molar-refractivity contribution in [2.24, 2.45) is 7.05 Å². The molecule has 1 aromatic carbocycles. The SMILES string of the molecule is COc1ccc(C(=O)NCc2cc(-c3ccccn3)n(C)n2)cc1OC. The number of hydrogen-bond acceptors (Lipinski definition) is 5. The van der Waals surface area contributed by atoms with E-state index in [0.717, 1.165) is 17.1 Å². The number of carbonyl (C=O) groups excluding carboxylic acids is 1. The van der Waals surface area contributed by atoms with E-state index in [1.807, 2.05) is 31.3 Å². The molecule has 1 N–H and O–H groups in total. The first-order chi connectivity index (χ1) is 12.6. The Balaban J connectivity index is 1.70. The fourth-order valence-electron chi connectivity index (χ4n) is 2.62. The molecule has 0 unspecified atom stereocenters. The second-order valence-electron chi connectivity index (χ2n) is 5.61. The molecule has 7 heteroatoms. The minimum atomic E-state index is -0.212. The Morgan fingerprint density at radius 2 is 1.92 bits per heavy atom. The van der Waals surface area contributed by atoms with Crippen LogP contribution in [0.5, 0.6) is 11.5 Å². The molecule has 0 bridgehead atoms. The molecule has 2 heterocycles. The quantitative estimate of drug-likeness (QED) is 0.737. The van der Waals surface area contributed by atoms with Gasteiger partial charge in [0.05, 0.1) is 37.8 Å². The number of pyridine rings is 1. The molecule has 1 amide bonds. The first-order valence-corrected chi connectivity index (χ1v) is 8.07. The normalized spacial score (nSPS) is 10.4. The first kappa shape index (κ1) is 17.5. The maximum absolute atomic E-state index is 12.4.